The number of aliphatic hydroxyl groups is 1. The van der Waals surface area contributed by atoms with Crippen molar-refractivity contribution in [2.45, 2.75) is 26.5 Å². The van der Waals surface area contributed by atoms with Crippen molar-refractivity contribution in [2.75, 3.05) is 13.7 Å². The third kappa shape index (κ3) is 3.86. The zero-order valence-corrected chi connectivity index (χ0v) is 15.1. The number of carbonyl (C=O) groups excluding carboxylic acids is 1. The van der Waals surface area contributed by atoms with Gasteiger partial charge in [-0.2, -0.15) is 0 Å². The van der Waals surface area contributed by atoms with Crippen LogP contribution in [0.3, 0.4) is 0 Å². The molecule has 26 heavy (non-hydrogen) atoms. The zero-order chi connectivity index (χ0) is 18.7. The summed E-state index contributed by atoms with van der Waals surface area (Å²) in [6, 6.07) is 10.8. The van der Waals surface area contributed by atoms with E-state index in [0.717, 1.165) is 11.0 Å². The predicted octanol–water partition coefficient (Wildman–Crippen LogP) is 2.88. The summed E-state index contributed by atoms with van der Waals surface area (Å²) >= 11 is 0. The van der Waals surface area contributed by atoms with Gasteiger partial charge in [0.15, 0.2) is 0 Å². The number of fused-ring (bicyclic) bond motifs is 1. The average Bonchev–Trinajstić information content (AvgIpc) is 3.01. The fourth-order valence-electron chi connectivity index (χ4n) is 2.76. The van der Waals surface area contributed by atoms with E-state index in [0.29, 0.717) is 17.9 Å². The predicted molar refractivity (Wildman–Crippen MR) is 98.5 cm³/mol. The lowest BCUT2D eigenvalue weighted by Gasteiger charge is -2.14. The highest BCUT2D eigenvalue weighted by Gasteiger charge is 2.12. The zero-order valence-electron chi connectivity index (χ0n) is 15.1. The molecule has 0 aliphatic heterocycles. The monoisotopic (exact) mass is 354 g/mol. The van der Waals surface area contributed by atoms with Gasteiger partial charge in [0.1, 0.15) is 18.5 Å². The van der Waals surface area contributed by atoms with Gasteiger partial charge in [-0.1, -0.05) is 6.07 Å². The van der Waals surface area contributed by atoms with E-state index in [4.69, 9.17) is 9.47 Å². The first-order valence-corrected chi connectivity index (χ1v) is 8.39. The Morgan fingerprint density at radius 2 is 2.00 bits per heavy atom. The van der Waals surface area contributed by atoms with Gasteiger partial charge in [-0.25, -0.2) is 9.78 Å². The Labute approximate surface area is 152 Å². The van der Waals surface area contributed by atoms with Gasteiger partial charge >= 0.3 is 5.97 Å². The van der Waals surface area contributed by atoms with Gasteiger partial charge in [0, 0.05) is 0 Å². The number of nitrogens with zero attached hydrogens (tertiary/aromatic N) is 2. The Bertz CT molecular complexity index is 933. The smallest absolute Gasteiger partial charge is 0.337 e. The Morgan fingerprint density at radius 3 is 2.77 bits per heavy atom. The number of aryl methyl sites for hydroxylation is 2. The van der Waals surface area contributed by atoms with Crippen LogP contribution in [0.5, 0.6) is 5.75 Å². The number of carbonyl (C=O) groups is 1. The number of aromatic nitrogens is 2. The van der Waals surface area contributed by atoms with Crippen molar-refractivity contribution in [3.05, 3.63) is 59.4 Å². The molecule has 0 aliphatic rings. The van der Waals surface area contributed by atoms with Crippen LogP contribution in [0.15, 0.2) is 42.7 Å². The van der Waals surface area contributed by atoms with Crippen molar-refractivity contribution in [3.63, 3.8) is 0 Å². The van der Waals surface area contributed by atoms with Crippen molar-refractivity contribution in [1.29, 1.82) is 0 Å². The van der Waals surface area contributed by atoms with Crippen molar-refractivity contribution in [1.82, 2.24) is 9.55 Å². The van der Waals surface area contributed by atoms with Gasteiger partial charge in [-0.15, -0.1) is 0 Å². The van der Waals surface area contributed by atoms with E-state index in [9.17, 15) is 9.90 Å². The number of ether oxygens (including phenoxy) is 2. The highest BCUT2D eigenvalue weighted by molar-refractivity contribution is 5.89. The number of hydrogen-bond donors (Lipinski definition) is 1. The van der Waals surface area contributed by atoms with Crippen LogP contribution in [0, 0.1) is 13.8 Å². The molecule has 0 saturated heterocycles. The van der Waals surface area contributed by atoms with Gasteiger partial charge in [-0.3, -0.25) is 0 Å². The Kier molecular flexibility index (Phi) is 5.23. The first-order valence-electron chi connectivity index (χ1n) is 8.39. The Morgan fingerprint density at radius 1 is 1.23 bits per heavy atom. The van der Waals surface area contributed by atoms with Gasteiger partial charge in [-0.05, 0) is 55.3 Å². The maximum absolute atomic E-state index is 11.6. The average molecular weight is 354 g/mol. The van der Waals surface area contributed by atoms with Crippen molar-refractivity contribution in [3.8, 4) is 5.75 Å². The molecular formula is C20H22N2O4. The van der Waals surface area contributed by atoms with E-state index >= 15 is 0 Å². The highest BCUT2D eigenvalue weighted by Crippen LogP contribution is 2.19. The molecule has 0 amide bonds. The number of aliphatic hydroxyl groups excluding tert-OH is 1. The summed E-state index contributed by atoms with van der Waals surface area (Å²) in [4.78, 5) is 15.9. The summed E-state index contributed by atoms with van der Waals surface area (Å²) in [5, 5.41) is 10.3. The molecule has 0 fully saturated rings. The summed E-state index contributed by atoms with van der Waals surface area (Å²) in [6.45, 7) is 4.59. The summed E-state index contributed by atoms with van der Waals surface area (Å²) in [5.74, 6) is 0.0838. The topological polar surface area (TPSA) is 73.6 Å². The molecule has 0 unspecified atom stereocenters. The van der Waals surface area contributed by atoms with Crippen LogP contribution in [-0.2, 0) is 11.3 Å². The molecule has 0 bridgehead atoms. The molecule has 1 atom stereocenters. The van der Waals surface area contributed by atoms with Crippen LogP contribution in [0.1, 0.15) is 21.5 Å². The molecule has 3 aromatic rings. The van der Waals surface area contributed by atoms with Crippen molar-refractivity contribution < 1.29 is 19.4 Å². The maximum Gasteiger partial charge on any atom is 0.337 e. The molecule has 6 nitrogen and oxygen atoms in total. The quantitative estimate of drug-likeness (QED) is 0.689. The van der Waals surface area contributed by atoms with Crippen molar-refractivity contribution >= 4 is 17.0 Å². The molecule has 1 N–H and O–H groups in total. The fourth-order valence-corrected chi connectivity index (χ4v) is 2.76. The number of benzene rings is 2. The first-order chi connectivity index (χ1) is 12.5. The lowest BCUT2D eigenvalue weighted by atomic mass is 10.1. The second kappa shape index (κ2) is 7.58. The minimum Gasteiger partial charge on any atom is -0.491 e. The lowest BCUT2D eigenvalue weighted by Crippen LogP contribution is -2.23. The number of rotatable bonds is 6. The van der Waals surface area contributed by atoms with Gasteiger partial charge in [0.2, 0.25) is 0 Å². The second-order valence-electron chi connectivity index (χ2n) is 6.31. The standard InChI is InChI=1S/C20H22N2O4/c1-13-7-18-19(8-14(13)2)22(12-21-18)10-16(23)11-26-17-6-4-5-15(9-17)20(24)25-3/h4-9,12,16,23H,10-11H2,1-3H3/t16-/m0/s1. The van der Waals surface area contributed by atoms with Crippen LogP contribution in [0.2, 0.25) is 0 Å². The highest BCUT2D eigenvalue weighted by atomic mass is 16.5. The van der Waals surface area contributed by atoms with E-state index in [1.165, 1.54) is 18.2 Å². The van der Waals surface area contributed by atoms with Crippen LogP contribution >= 0.6 is 0 Å². The molecule has 3 rings (SSSR count). The number of hydrogen-bond acceptors (Lipinski definition) is 5. The van der Waals surface area contributed by atoms with Crippen LogP contribution < -0.4 is 4.74 Å². The normalized spacial score (nSPS) is 12.2. The third-order valence-corrected chi connectivity index (χ3v) is 4.34. The van der Waals surface area contributed by atoms with E-state index < -0.39 is 12.1 Å². The van der Waals surface area contributed by atoms with E-state index in [-0.39, 0.29) is 6.61 Å². The van der Waals surface area contributed by atoms with Crippen molar-refractivity contribution in [2.24, 2.45) is 0 Å². The van der Waals surface area contributed by atoms with Gasteiger partial charge in [0.25, 0.3) is 0 Å². The molecule has 2 aromatic carbocycles. The summed E-state index contributed by atoms with van der Waals surface area (Å²) in [7, 11) is 1.33. The largest absolute Gasteiger partial charge is 0.491 e. The number of imidazole rings is 1. The summed E-state index contributed by atoms with van der Waals surface area (Å²) in [5.41, 5.74) is 4.68. The maximum atomic E-state index is 11.6. The number of methoxy groups -OCH3 is 1. The summed E-state index contributed by atoms with van der Waals surface area (Å²) < 4.78 is 12.2. The molecule has 0 spiro atoms. The first kappa shape index (κ1) is 17.9. The van der Waals surface area contributed by atoms with E-state index in [2.05, 4.69) is 24.9 Å². The van der Waals surface area contributed by atoms with Crippen LogP contribution in [-0.4, -0.2) is 40.4 Å². The summed E-state index contributed by atoms with van der Waals surface area (Å²) in [6.07, 6.45) is 1.01. The molecule has 1 aromatic heterocycles. The second-order valence-corrected chi connectivity index (χ2v) is 6.31. The lowest BCUT2D eigenvalue weighted by molar-refractivity contribution is 0.0599. The SMILES string of the molecule is COC(=O)c1cccc(OC[C@@H](O)Cn2cnc3cc(C)c(C)cc32)c1. The van der Waals surface area contributed by atoms with Gasteiger partial charge < -0.3 is 19.1 Å². The molecule has 1 heterocycles. The molecule has 0 aliphatic carbocycles. The van der Waals surface area contributed by atoms with Crippen LogP contribution in [0.25, 0.3) is 11.0 Å². The molecule has 6 heteroatoms. The molecular weight excluding hydrogens is 332 g/mol. The fraction of sp³-hybridized carbons (Fsp3) is 0.300. The Hall–Kier alpha value is -2.86. The molecule has 136 valence electrons. The minimum atomic E-state index is -0.712. The third-order valence-electron chi connectivity index (χ3n) is 4.34. The van der Waals surface area contributed by atoms with Crippen LogP contribution in [0.4, 0.5) is 0 Å². The molecule has 0 radical (unpaired) electrons. The Balaban J connectivity index is 1.65. The molecule has 0 saturated carbocycles. The minimum absolute atomic E-state index is 0.106. The van der Waals surface area contributed by atoms with E-state index in [1.807, 2.05) is 10.6 Å². The van der Waals surface area contributed by atoms with Gasteiger partial charge in [0.05, 0.1) is 36.6 Å². The van der Waals surface area contributed by atoms with E-state index in [1.54, 1.807) is 30.6 Å². The number of esters is 1.